The smallest absolute Gasteiger partial charge is 0.147 e. The third kappa shape index (κ3) is 3.23. The minimum Gasteiger partial charge on any atom is -0.292 e. The van der Waals surface area contributed by atoms with Crippen LogP contribution in [-0.4, -0.2) is 14.4 Å². The van der Waals surface area contributed by atoms with E-state index in [4.69, 9.17) is 9.97 Å². The van der Waals surface area contributed by atoms with E-state index in [9.17, 15) is 0 Å². The van der Waals surface area contributed by atoms with Crippen LogP contribution in [-0.2, 0) is 0 Å². The lowest BCUT2D eigenvalue weighted by Crippen LogP contribution is -2.12. The van der Waals surface area contributed by atoms with Crippen molar-refractivity contribution in [1.29, 1.82) is 0 Å². The molecule has 0 radical (unpaired) electrons. The van der Waals surface area contributed by atoms with E-state index in [1.807, 2.05) is 24.5 Å². The van der Waals surface area contributed by atoms with E-state index >= 15 is 0 Å². The lowest BCUT2D eigenvalue weighted by atomic mass is 10.0. The number of hydrogen-bond donors (Lipinski definition) is 0. The Morgan fingerprint density at radius 3 is 1.98 bits per heavy atom. The van der Waals surface area contributed by atoms with Gasteiger partial charge in [0, 0.05) is 33.9 Å². The zero-order valence-corrected chi connectivity index (χ0v) is 22.6. The number of aromatic nitrogens is 3. The largest absolute Gasteiger partial charge is 0.292 e. The number of anilines is 3. The molecule has 0 fully saturated rings. The molecule has 0 aliphatic rings. The molecule has 4 heterocycles. The van der Waals surface area contributed by atoms with Crippen LogP contribution >= 0.6 is 0 Å². The summed E-state index contributed by atoms with van der Waals surface area (Å²) >= 11 is 0. The van der Waals surface area contributed by atoms with Crippen LogP contribution in [0.2, 0.25) is 0 Å². The van der Waals surface area contributed by atoms with Crippen molar-refractivity contribution in [3.8, 4) is 0 Å². The lowest BCUT2D eigenvalue weighted by molar-refractivity contribution is 1.20. The van der Waals surface area contributed by atoms with Gasteiger partial charge in [-0.05, 0) is 64.0 Å². The highest BCUT2D eigenvalue weighted by Crippen LogP contribution is 2.48. The predicted octanol–water partition coefficient (Wildman–Crippen LogP) is 9.97. The van der Waals surface area contributed by atoms with Crippen molar-refractivity contribution in [2.45, 2.75) is 0 Å². The number of rotatable bonds is 3. The number of nitrogens with zero attached hydrogens (tertiary/aromatic N) is 4. The van der Waals surface area contributed by atoms with Gasteiger partial charge in [-0.15, -0.1) is 0 Å². The van der Waals surface area contributed by atoms with Gasteiger partial charge in [0.05, 0.1) is 22.4 Å². The molecule has 0 N–H and O–H groups in total. The molecule has 0 atom stereocenters. The fourth-order valence-electron chi connectivity index (χ4n) is 6.61. The van der Waals surface area contributed by atoms with Crippen LogP contribution in [0, 0.1) is 0 Å². The maximum absolute atomic E-state index is 5.01. The molecule has 4 heteroatoms. The summed E-state index contributed by atoms with van der Waals surface area (Å²) in [5.41, 5.74) is 5.32. The first-order chi connectivity index (χ1) is 20.9. The van der Waals surface area contributed by atoms with E-state index in [2.05, 4.69) is 131 Å². The van der Waals surface area contributed by atoms with E-state index in [1.165, 1.54) is 32.3 Å². The number of benzene rings is 5. The van der Waals surface area contributed by atoms with Gasteiger partial charge in [-0.2, -0.15) is 0 Å². The van der Waals surface area contributed by atoms with Crippen molar-refractivity contribution >= 4 is 77.0 Å². The highest BCUT2D eigenvalue weighted by Gasteiger charge is 2.26. The molecule has 0 saturated carbocycles. The van der Waals surface area contributed by atoms with Gasteiger partial charge in [0.15, 0.2) is 0 Å². The zero-order chi connectivity index (χ0) is 27.6. The third-order valence-corrected chi connectivity index (χ3v) is 8.39. The molecule has 0 spiro atoms. The standard InChI is InChI=1S/C38H24N4/c1-2-13-27-24-34-32(23-26(27)12-1)29-16-5-6-17-30(29)36-37(31-18-10-22-40-38(31)42(34)36)41(35-20-7-8-21-39-35)33-19-9-14-25-11-3-4-15-28(25)33/h1-24H. The molecule has 42 heavy (non-hydrogen) atoms. The summed E-state index contributed by atoms with van der Waals surface area (Å²) in [6.07, 6.45) is 3.76. The molecule has 0 unspecified atom stereocenters. The first kappa shape index (κ1) is 23.0. The number of hydrogen-bond acceptors (Lipinski definition) is 3. The number of fused-ring (bicyclic) bond motifs is 10. The van der Waals surface area contributed by atoms with Gasteiger partial charge in [0.2, 0.25) is 0 Å². The number of pyridine rings is 3. The van der Waals surface area contributed by atoms with E-state index in [0.717, 1.165) is 44.6 Å². The first-order valence-electron chi connectivity index (χ1n) is 14.2. The summed E-state index contributed by atoms with van der Waals surface area (Å²) in [6, 6.07) is 47.3. The van der Waals surface area contributed by atoms with Gasteiger partial charge in [0.25, 0.3) is 0 Å². The van der Waals surface area contributed by atoms with Crippen molar-refractivity contribution in [3.05, 3.63) is 146 Å². The molecule has 9 rings (SSSR count). The molecule has 0 bridgehead atoms. The van der Waals surface area contributed by atoms with Gasteiger partial charge in [-0.3, -0.25) is 9.30 Å². The summed E-state index contributed by atoms with van der Waals surface area (Å²) in [5, 5.41) is 9.45. The van der Waals surface area contributed by atoms with Crippen LogP contribution < -0.4 is 4.90 Å². The Morgan fingerprint density at radius 2 is 1.14 bits per heavy atom. The highest BCUT2D eigenvalue weighted by atomic mass is 15.2. The minimum atomic E-state index is 0.856. The molecule has 0 amide bonds. The van der Waals surface area contributed by atoms with Crippen LogP contribution in [0.1, 0.15) is 0 Å². The van der Waals surface area contributed by atoms with Gasteiger partial charge < -0.3 is 0 Å². The molecule has 4 nitrogen and oxygen atoms in total. The Labute approximate surface area is 241 Å². The Kier molecular flexibility index (Phi) is 4.87. The van der Waals surface area contributed by atoms with Gasteiger partial charge in [0.1, 0.15) is 11.5 Å². The zero-order valence-electron chi connectivity index (χ0n) is 22.6. The minimum absolute atomic E-state index is 0.856. The Balaban J connectivity index is 1.54. The quantitative estimate of drug-likeness (QED) is 0.166. The SMILES string of the molecule is c1ccc(N(c2cccc3ccccc23)c2c3cccnc3n3c4cc5ccccc5cc4c4ccccc4c23)nc1. The molecule has 5 aromatic carbocycles. The Morgan fingerprint density at radius 1 is 0.476 bits per heavy atom. The summed E-state index contributed by atoms with van der Waals surface area (Å²) in [7, 11) is 0. The van der Waals surface area contributed by atoms with E-state index < -0.39 is 0 Å². The summed E-state index contributed by atoms with van der Waals surface area (Å²) in [6.45, 7) is 0. The topological polar surface area (TPSA) is 33.4 Å². The van der Waals surface area contributed by atoms with E-state index in [1.54, 1.807) is 0 Å². The van der Waals surface area contributed by atoms with Crippen LogP contribution in [0.5, 0.6) is 0 Å². The molecule has 0 aliphatic carbocycles. The summed E-state index contributed by atoms with van der Waals surface area (Å²) < 4.78 is 2.36. The fourth-order valence-corrected chi connectivity index (χ4v) is 6.61. The second-order valence-electron chi connectivity index (χ2n) is 10.7. The molecule has 0 saturated heterocycles. The molecular weight excluding hydrogens is 512 g/mol. The normalized spacial score (nSPS) is 11.8. The summed E-state index contributed by atoms with van der Waals surface area (Å²) in [5.74, 6) is 0.856. The average molecular weight is 537 g/mol. The molecular formula is C38H24N4. The van der Waals surface area contributed by atoms with Crippen LogP contribution in [0.15, 0.2) is 146 Å². The van der Waals surface area contributed by atoms with E-state index in [-0.39, 0.29) is 0 Å². The van der Waals surface area contributed by atoms with Gasteiger partial charge in [-0.1, -0.05) is 91.0 Å². The van der Waals surface area contributed by atoms with Gasteiger partial charge in [-0.25, -0.2) is 9.97 Å². The van der Waals surface area contributed by atoms with Crippen LogP contribution in [0.4, 0.5) is 17.2 Å². The summed E-state index contributed by atoms with van der Waals surface area (Å²) in [4.78, 5) is 12.2. The van der Waals surface area contributed by atoms with E-state index in [0.29, 0.717) is 0 Å². The maximum atomic E-state index is 5.01. The van der Waals surface area contributed by atoms with Crippen molar-refractivity contribution < 1.29 is 0 Å². The Hall–Kier alpha value is -5.74. The third-order valence-electron chi connectivity index (χ3n) is 8.39. The monoisotopic (exact) mass is 536 g/mol. The molecule has 0 aliphatic heterocycles. The first-order valence-corrected chi connectivity index (χ1v) is 14.2. The van der Waals surface area contributed by atoms with Crippen molar-refractivity contribution in [1.82, 2.24) is 14.4 Å². The van der Waals surface area contributed by atoms with Crippen LogP contribution in [0.3, 0.4) is 0 Å². The average Bonchev–Trinajstić information content (AvgIpc) is 3.40. The van der Waals surface area contributed by atoms with Crippen LogP contribution in [0.25, 0.3) is 59.8 Å². The predicted molar refractivity (Wildman–Crippen MR) is 175 cm³/mol. The van der Waals surface area contributed by atoms with Crippen molar-refractivity contribution in [2.24, 2.45) is 0 Å². The lowest BCUT2D eigenvalue weighted by Gasteiger charge is -2.26. The van der Waals surface area contributed by atoms with Crippen molar-refractivity contribution in [2.75, 3.05) is 4.90 Å². The fraction of sp³-hybridized carbons (Fsp3) is 0. The Bertz CT molecular complexity index is 2470. The molecule has 9 aromatic rings. The van der Waals surface area contributed by atoms with Crippen molar-refractivity contribution in [3.63, 3.8) is 0 Å². The highest BCUT2D eigenvalue weighted by molar-refractivity contribution is 6.24. The molecule has 4 aromatic heterocycles. The second kappa shape index (κ2) is 8.88. The molecule has 196 valence electrons. The maximum Gasteiger partial charge on any atom is 0.147 e. The second-order valence-corrected chi connectivity index (χ2v) is 10.7. The van der Waals surface area contributed by atoms with Gasteiger partial charge >= 0.3 is 0 Å².